The molecule has 0 atom stereocenters. The summed E-state index contributed by atoms with van der Waals surface area (Å²) in [6.07, 6.45) is 3.14. The fourth-order valence-electron chi connectivity index (χ4n) is 3.53. The zero-order valence-electron chi connectivity index (χ0n) is 16.8. The number of amides is 1. The van der Waals surface area contributed by atoms with E-state index in [1.54, 1.807) is 0 Å². The van der Waals surface area contributed by atoms with Gasteiger partial charge in [-0.15, -0.1) is 0 Å². The van der Waals surface area contributed by atoms with E-state index in [2.05, 4.69) is 28.9 Å². The zero-order chi connectivity index (χ0) is 21.5. The average Bonchev–Trinajstić information content (AvgIpc) is 2.74. The first-order valence-corrected chi connectivity index (χ1v) is 9.86. The molecule has 8 nitrogen and oxygen atoms in total. The molecule has 0 radical (unpaired) electrons. The van der Waals surface area contributed by atoms with Crippen molar-refractivity contribution < 1.29 is 14.5 Å². The highest BCUT2D eigenvalue weighted by Crippen LogP contribution is 2.31. The first-order chi connectivity index (χ1) is 14.5. The van der Waals surface area contributed by atoms with Crippen LogP contribution in [0, 0.1) is 10.1 Å². The molecule has 0 spiro atoms. The van der Waals surface area contributed by atoms with Gasteiger partial charge in [-0.25, -0.2) is 0 Å². The number of ether oxygens (including phenoxy) is 1. The maximum absolute atomic E-state index is 12.9. The topological polar surface area (TPSA) is 111 Å². The minimum atomic E-state index is -0.606. The van der Waals surface area contributed by atoms with E-state index in [9.17, 15) is 14.9 Å². The summed E-state index contributed by atoms with van der Waals surface area (Å²) in [7, 11) is 0. The van der Waals surface area contributed by atoms with Crippen molar-refractivity contribution in [1.82, 2.24) is 10.2 Å². The molecular weight excluding hydrogens is 384 g/mol. The lowest BCUT2D eigenvalue weighted by Gasteiger charge is -2.32. The van der Waals surface area contributed by atoms with Crippen LogP contribution in [0.4, 0.5) is 11.4 Å². The molecule has 3 rings (SSSR count). The Labute approximate surface area is 175 Å². The van der Waals surface area contributed by atoms with E-state index in [0.717, 1.165) is 32.5 Å². The molecule has 1 fully saturated rings. The Balaban J connectivity index is 1.64. The second-order valence-corrected chi connectivity index (χ2v) is 7.27. The normalized spacial score (nSPS) is 14.8. The molecule has 0 saturated carbocycles. The van der Waals surface area contributed by atoms with E-state index in [0.29, 0.717) is 0 Å². The summed E-state index contributed by atoms with van der Waals surface area (Å²) in [5.74, 6) is -0.198. The molecule has 2 aromatic rings. The molecule has 30 heavy (non-hydrogen) atoms. The molecule has 0 unspecified atom stereocenters. The Morgan fingerprint density at radius 1 is 1.30 bits per heavy atom. The molecule has 0 aliphatic carbocycles. The van der Waals surface area contributed by atoms with Crippen molar-refractivity contribution in [3.8, 4) is 5.75 Å². The van der Waals surface area contributed by atoms with Gasteiger partial charge in [0.25, 0.3) is 11.6 Å². The molecule has 8 heteroatoms. The van der Waals surface area contributed by atoms with Crippen molar-refractivity contribution in [2.24, 2.45) is 0 Å². The second kappa shape index (κ2) is 9.89. The number of anilines is 1. The molecule has 158 valence electrons. The number of nitrogens with two attached hydrogens (primary N) is 1. The van der Waals surface area contributed by atoms with E-state index in [4.69, 9.17) is 10.5 Å². The Morgan fingerprint density at radius 2 is 2.00 bits per heavy atom. The van der Waals surface area contributed by atoms with Gasteiger partial charge in [-0.3, -0.25) is 19.8 Å². The molecule has 1 aliphatic rings. The Hall–Kier alpha value is -3.39. The third kappa shape index (κ3) is 5.36. The fraction of sp³-hybridized carbons (Fsp3) is 0.318. The number of benzene rings is 2. The number of likely N-dealkylation sites (tertiary alicyclic amines) is 1. The van der Waals surface area contributed by atoms with Gasteiger partial charge in [0.2, 0.25) is 0 Å². The van der Waals surface area contributed by atoms with Crippen molar-refractivity contribution in [3.05, 3.63) is 76.4 Å². The Kier molecular flexibility index (Phi) is 7.03. The number of carbonyl (C=O) groups excluding carboxylic acids is 1. The van der Waals surface area contributed by atoms with Gasteiger partial charge >= 0.3 is 0 Å². The summed E-state index contributed by atoms with van der Waals surface area (Å²) < 4.78 is 5.51. The van der Waals surface area contributed by atoms with Crippen molar-refractivity contribution in [2.45, 2.75) is 25.4 Å². The number of nitrogen functional groups attached to an aromatic ring is 1. The number of hydrogen-bond donors (Lipinski definition) is 2. The van der Waals surface area contributed by atoms with Crippen LogP contribution in [0.2, 0.25) is 0 Å². The molecule has 2 aromatic carbocycles. The molecule has 1 aliphatic heterocycles. The maximum atomic E-state index is 12.9. The lowest BCUT2D eigenvalue weighted by Crippen LogP contribution is -2.44. The summed E-state index contributed by atoms with van der Waals surface area (Å²) in [6.45, 7) is 6.35. The summed E-state index contributed by atoms with van der Waals surface area (Å²) in [4.78, 5) is 25.8. The monoisotopic (exact) mass is 410 g/mol. The van der Waals surface area contributed by atoms with Gasteiger partial charge in [-0.1, -0.05) is 43.0 Å². The molecule has 1 amide bonds. The van der Waals surface area contributed by atoms with Crippen molar-refractivity contribution in [3.63, 3.8) is 0 Å². The first kappa shape index (κ1) is 21.3. The SMILES string of the molecule is C=CCOc1cc(N)c([N+](=O)[O-])cc1C(=O)NC1CCN(Cc2ccccc2)CC1. The van der Waals surface area contributed by atoms with Crippen LogP contribution < -0.4 is 15.8 Å². The Bertz CT molecular complexity index is 909. The Morgan fingerprint density at radius 3 is 2.63 bits per heavy atom. The van der Waals surface area contributed by atoms with Gasteiger partial charge in [0, 0.05) is 37.8 Å². The maximum Gasteiger partial charge on any atom is 0.293 e. The number of nitrogens with one attached hydrogen (secondary N) is 1. The average molecular weight is 410 g/mol. The van der Waals surface area contributed by atoms with E-state index in [1.165, 1.54) is 23.8 Å². The van der Waals surface area contributed by atoms with Crippen LogP contribution in [-0.4, -0.2) is 41.5 Å². The molecule has 1 heterocycles. The highest BCUT2D eigenvalue weighted by atomic mass is 16.6. The minimum absolute atomic E-state index is 0.00612. The standard InChI is InChI=1S/C22H26N4O4/c1-2-12-30-21-14-19(23)20(26(28)29)13-18(21)22(27)24-17-8-10-25(11-9-17)15-16-6-4-3-5-7-16/h2-7,13-14,17H,1,8-12,15,23H2,(H,24,27). The molecule has 3 N–H and O–H groups in total. The third-order valence-electron chi connectivity index (χ3n) is 5.10. The van der Waals surface area contributed by atoms with E-state index >= 15 is 0 Å². The largest absolute Gasteiger partial charge is 0.489 e. The van der Waals surface area contributed by atoms with Crippen LogP contribution in [-0.2, 0) is 6.54 Å². The summed E-state index contributed by atoms with van der Waals surface area (Å²) >= 11 is 0. The van der Waals surface area contributed by atoms with Gasteiger partial charge < -0.3 is 15.8 Å². The number of piperidine rings is 1. The van der Waals surface area contributed by atoms with E-state index in [1.807, 2.05) is 18.2 Å². The van der Waals surface area contributed by atoms with Gasteiger partial charge in [0.15, 0.2) is 0 Å². The molecule has 0 bridgehead atoms. The van der Waals surface area contributed by atoms with E-state index in [-0.39, 0.29) is 35.3 Å². The summed E-state index contributed by atoms with van der Waals surface area (Å²) in [6, 6.07) is 12.7. The second-order valence-electron chi connectivity index (χ2n) is 7.27. The number of carbonyl (C=O) groups is 1. The van der Waals surface area contributed by atoms with Crippen molar-refractivity contribution in [1.29, 1.82) is 0 Å². The summed E-state index contributed by atoms with van der Waals surface area (Å²) in [5.41, 5.74) is 6.74. The number of nitro groups is 1. The molecular formula is C22H26N4O4. The van der Waals surface area contributed by atoms with Gasteiger partial charge in [-0.05, 0) is 18.4 Å². The highest BCUT2D eigenvalue weighted by molar-refractivity contribution is 5.98. The van der Waals surface area contributed by atoms with Crippen LogP contribution in [0.3, 0.4) is 0 Å². The molecule has 0 aromatic heterocycles. The van der Waals surface area contributed by atoms with Crippen LogP contribution in [0.25, 0.3) is 0 Å². The van der Waals surface area contributed by atoms with Gasteiger partial charge in [-0.2, -0.15) is 0 Å². The minimum Gasteiger partial charge on any atom is -0.489 e. The predicted octanol–water partition coefficient (Wildman–Crippen LogP) is 3.14. The number of nitro benzene ring substituents is 1. The highest BCUT2D eigenvalue weighted by Gasteiger charge is 2.25. The fourth-order valence-corrected chi connectivity index (χ4v) is 3.53. The van der Waals surface area contributed by atoms with Crippen molar-refractivity contribution >= 4 is 17.3 Å². The first-order valence-electron chi connectivity index (χ1n) is 9.86. The number of rotatable bonds is 8. The predicted molar refractivity (Wildman–Crippen MR) is 115 cm³/mol. The summed E-state index contributed by atoms with van der Waals surface area (Å²) in [5, 5.41) is 14.2. The van der Waals surface area contributed by atoms with Crippen LogP contribution in [0.1, 0.15) is 28.8 Å². The lowest BCUT2D eigenvalue weighted by molar-refractivity contribution is -0.383. The zero-order valence-corrected chi connectivity index (χ0v) is 16.8. The molecule has 1 saturated heterocycles. The number of nitrogens with zero attached hydrogens (tertiary/aromatic N) is 2. The van der Waals surface area contributed by atoms with Crippen molar-refractivity contribution in [2.75, 3.05) is 25.4 Å². The van der Waals surface area contributed by atoms with Crippen LogP contribution in [0.15, 0.2) is 55.1 Å². The third-order valence-corrected chi connectivity index (χ3v) is 5.10. The van der Waals surface area contributed by atoms with E-state index < -0.39 is 10.8 Å². The number of hydrogen-bond acceptors (Lipinski definition) is 6. The van der Waals surface area contributed by atoms with Gasteiger partial charge in [0.05, 0.1) is 10.5 Å². The van der Waals surface area contributed by atoms with Gasteiger partial charge in [0.1, 0.15) is 18.0 Å². The smallest absolute Gasteiger partial charge is 0.293 e. The van der Waals surface area contributed by atoms with Crippen LogP contribution in [0.5, 0.6) is 5.75 Å². The quantitative estimate of drug-likeness (QED) is 0.299. The van der Waals surface area contributed by atoms with Crippen LogP contribution >= 0.6 is 0 Å². The lowest BCUT2D eigenvalue weighted by atomic mass is 10.0.